The number of hydrogen-bond acceptors (Lipinski definition) is 3. The number of aromatic nitrogens is 2. The van der Waals surface area contributed by atoms with Crippen LogP contribution in [-0.2, 0) is 9.59 Å². The first-order valence-electron chi connectivity index (χ1n) is 8.86. The molecule has 2 fully saturated rings. The van der Waals surface area contributed by atoms with Crippen molar-refractivity contribution in [2.24, 2.45) is 5.92 Å². The monoisotopic (exact) mass is 338 g/mol. The summed E-state index contributed by atoms with van der Waals surface area (Å²) in [6.07, 6.45) is 4.10. The van der Waals surface area contributed by atoms with E-state index < -0.39 is 0 Å². The van der Waals surface area contributed by atoms with Gasteiger partial charge in [-0.25, -0.2) is 0 Å². The maximum atomic E-state index is 13.0. The Kier molecular flexibility index (Phi) is 4.26. The van der Waals surface area contributed by atoms with Crippen molar-refractivity contribution >= 4 is 17.5 Å². The zero-order valence-corrected chi connectivity index (χ0v) is 14.1. The highest BCUT2D eigenvalue weighted by Crippen LogP contribution is 2.30. The van der Waals surface area contributed by atoms with Crippen molar-refractivity contribution in [1.29, 1.82) is 0 Å². The van der Waals surface area contributed by atoms with Gasteiger partial charge >= 0.3 is 0 Å². The summed E-state index contributed by atoms with van der Waals surface area (Å²) in [7, 11) is 0. The molecule has 2 atom stereocenters. The Morgan fingerprint density at radius 3 is 2.76 bits per heavy atom. The van der Waals surface area contributed by atoms with Gasteiger partial charge in [0.2, 0.25) is 11.8 Å². The predicted octanol–water partition coefficient (Wildman–Crippen LogP) is 2.17. The van der Waals surface area contributed by atoms with E-state index in [1.54, 1.807) is 11.1 Å². The smallest absolute Gasteiger partial charge is 0.228 e. The summed E-state index contributed by atoms with van der Waals surface area (Å²) in [5.74, 6) is 0.207. The molecule has 2 aliphatic rings. The van der Waals surface area contributed by atoms with Crippen LogP contribution in [0.15, 0.2) is 42.6 Å². The van der Waals surface area contributed by atoms with Gasteiger partial charge in [0.1, 0.15) is 0 Å². The van der Waals surface area contributed by atoms with E-state index in [4.69, 9.17) is 0 Å². The highest BCUT2D eigenvalue weighted by molar-refractivity contribution is 6.00. The number of hydrogen-bond donors (Lipinski definition) is 1. The lowest BCUT2D eigenvalue weighted by molar-refractivity contribution is -0.137. The molecule has 0 spiro atoms. The van der Waals surface area contributed by atoms with Crippen molar-refractivity contribution in [3.63, 3.8) is 0 Å². The molecule has 1 N–H and O–H groups in total. The molecule has 3 heterocycles. The Bertz CT molecular complexity index is 744. The van der Waals surface area contributed by atoms with Gasteiger partial charge in [0.15, 0.2) is 0 Å². The van der Waals surface area contributed by atoms with Crippen LogP contribution in [0, 0.1) is 5.92 Å². The van der Waals surface area contributed by atoms with E-state index in [-0.39, 0.29) is 17.7 Å². The second-order valence-corrected chi connectivity index (χ2v) is 6.88. The number of aromatic amines is 1. The van der Waals surface area contributed by atoms with Crippen molar-refractivity contribution < 1.29 is 9.59 Å². The molecule has 0 radical (unpaired) electrons. The largest absolute Gasteiger partial charge is 0.342 e. The van der Waals surface area contributed by atoms with Crippen LogP contribution in [0.4, 0.5) is 5.69 Å². The fourth-order valence-electron chi connectivity index (χ4n) is 3.91. The van der Waals surface area contributed by atoms with Crippen molar-refractivity contribution in [2.45, 2.75) is 25.2 Å². The third-order valence-corrected chi connectivity index (χ3v) is 5.24. The number of anilines is 1. The highest BCUT2D eigenvalue weighted by Gasteiger charge is 2.38. The van der Waals surface area contributed by atoms with Gasteiger partial charge in [-0.05, 0) is 31.0 Å². The van der Waals surface area contributed by atoms with Gasteiger partial charge in [0, 0.05) is 49.6 Å². The van der Waals surface area contributed by atoms with Gasteiger partial charge in [0.25, 0.3) is 0 Å². The third kappa shape index (κ3) is 3.16. The number of carbonyl (C=O) groups is 2. The molecular formula is C19H22N4O2. The number of carbonyl (C=O) groups excluding carboxylic acids is 2. The zero-order valence-electron chi connectivity index (χ0n) is 14.1. The first-order valence-corrected chi connectivity index (χ1v) is 8.86. The molecule has 6 nitrogen and oxygen atoms in total. The van der Waals surface area contributed by atoms with E-state index in [1.807, 2.05) is 41.3 Å². The highest BCUT2D eigenvalue weighted by atomic mass is 16.2. The molecule has 0 bridgehead atoms. The van der Waals surface area contributed by atoms with E-state index in [0.717, 1.165) is 30.8 Å². The number of nitrogens with one attached hydrogen (secondary N) is 1. The molecule has 2 aliphatic heterocycles. The quantitative estimate of drug-likeness (QED) is 0.932. The summed E-state index contributed by atoms with van der Waals surface area (Å²) in [6, 6.07) is 11.6. The first-order chi connectivity index (χ1) is 12.2. The first kappa shape index (κ1) is 15.9. The Morgan fingerprint density at radius 1 is 1.16 bits per heavy atom. The van der Waals surface area contributed by atoms with Crippen LogP contribution >= 0.6 is 0 Å². The molecule has 2 amide bonds. The standard InChI is InChI=1S/C19H22N4O2/c24-18-11-15(13-23(18)16-6-2-1-3-7-16)19(25)22-10-4-5-14(12-22)17-8-9-20-21-17/h1-3,6-9,14-15H,4-5,10-13H2,(H,20,21)/t14-,15-/m1/s1. The molecule has 25 heavy (non-hydrogen) atoms. The van der Waals surface area contributed by atoms with Crippen LogP contribution in [0.3, 0.4) is 0 Å². The maximum Gasteiger partial charge on any atom is 0.228 e. The number of H-pyrrole nitrogens is 1. The molecule has 2 saturated heterocycles. The topological polar surface area (TPSA) is 69.3 Å². The predicted molar refractivity (Wildman–Crippen MR) is 94.0 cm³/mol. The summed E-state index contributed by atoms with van der Waals surface area (Å²) < 4.78 is 0. The van der Waals surface area contributed by atoms with Crippen molar-refractivity contribution in [2.75, 3.05) is 24.5 Å². The fourth-order valence-corrected chi connectivity index (χ4v) is 3.91. The van der Waals surface area contributed by atoms with Crippen molar-refractivity contribution in [1.82, 2.24) is 15.1 Å². The number of amides is 2. The number of rotatable bonds is 3. The second kappa shape index (κ2) is 6.70. The van der Waals surface area contributed by atoms with Crippen molar-refractivity contribution in [3.05, 3.63) is 48.3 Å². The van der Waals surface area contributed by atoms with Crippen LogP contribution in [0.25, 0.3) is 0 Å². The summed E-state index contributed by atoms with van der Waals surface area (Å²) in [4.78, 5) is 29.0. The second-order valence-electron chi connectivity index (χ2n) is 6.88. The minimum atomic E-state index is -0.242. The molecule has 0 aliphatic carbocycles. The third-order valence-electron chi connectivity index (χ3n) is 5.24. The van der Waals surface area contributed by atoms with Gasteiger partial charge in [-0.2, -0.15) is 5.10 Å². The molecule has 1 aromatic carbocycles. The van der Waals surface area contributed by atoms with Crippen LogP contribution in [0.1, 0.15) is 30.9 Å². The number of benzene rings is 1. The van der Waals surface area contributed by atoms with E-state index in [1.165, 1.54) is 0 Å². The van der Waals surface area contributed by atoms with Gasteiger partial charge in [-0.3, -0.25) is 14.7 Å². The Labute approximate surface area is 146 Å². The summed E-state index contributed by atoms with van der Waals surface area (Å²) in [5, 5.41) is 7.04. The summed E-state index contributed by atoms with van der Waals surface area (Å²) >= 11 is 0. The molecule has 0 saturated carbocycles. The van der Waals surface area contributed by atoms with Crippen LogP contribution in [0.5, 0.6) is 0 Å². The SMILES string of the molecule is O=C([C@@H]1CC(=O)N(c2ccccc2)C1)N1CCC[C@@H](c2ccn[nH]2)C1. The Morgan fingerprint density at radius 2 is 2.00 bits per heavy atom. The van der Waals surface area contributed by atoms with Crippen LogP contribution in [0.2, 0.25) is 0 Å². The minimum Gasteiger partial charge on any atom is -0.342 e. The fraction of sp³-hybridized carbons (Fsp3) is 0.421. The molecule has 2 aromatic rings. The van der Waals surface area contributed by atoms with Gasteiger partial charge in [0.05, 0.1) is 5.92 Å². The average molecular weight is 338 g/mol. The van der Waals surface area contributed by atoms with E-state index >= 15 is 0 Å². The van der Waals surface area contributed by atoms with Gasteiger partial charge in [-0.15, -0.1) is 0 Å². The number of likely N-dealkylation sites (tertiary alicyclic amines) is 1. The van der Waals surface area contributed by atoms with Gasteiger partial charge < -0.3 is 9.80 Å². The normalized spacial score (nSPS) is 23.9. The minimum absolute atomic E-state index is 0.0340. The average Bonchev–Trinajstić information content (AvgIpc) is 3.32. The summed E-state index contributed by atoms with van der Waals surface area (Å²) in [6.45, 7) is 1.96. The van der Waals surface area contributed by atoms with E-state index in [0.29, 0.717) is 25.4 Å². The molecule has 130 valence electrons. The lowest BCUT2D eigenvalue weighted by Crippen LogP contribution is -2.43. The maximum absolute atomic E-state index is 13.0. The molecule has 1 aromatic heterocycles. The Hall–Kier alpha value is -2.63. The van der Waals surface area contributed by atoms with Crippen LogP contribution < -0.4 is 4.90 Å². The molecule has 6 heteroatoms. The number of piperidine rings is 1. The molecule has 0 unspecified atom stereocenters. The Balaban J connectivity index is 1.43. The lowest BCUT2D eigenvalue weighted by Gasteiger charge is -2.33. The van der Waals surface area contributed by atoms with Crippen molar-refractivity contribution in [3.8, 4) is 0 Å². The number of nitrogens with zero attached hydrogens (tertiary/aromatic N) is 3. The number of para-hydroxylation sites is 1. The lowest BCUT2D eigenvalue weighted by atomic mass is 9.93. The zero-order chi connectivity index (χ0) is 17.2. The molecular weight excluding hydrogens is 316 g/mol. The van der Waals surface area contributed by atoms with E-state index in [9.17, 15) is 9.59 Å². The van der Waals surface area contributed by atoms with Crippen LogP contribution in [-0.4, -0.2) is 46.5 Å². The summed E-state index contributed by atoms with van der Waals surface area (Å²) in [5.41, 5.74) is 1.96. The van der Waals surface area contributed by atoms with E-state index in [2.05, 4.69) is 10.2 Å². The van der Waals surface area contributed by atoms with Gasteiger partial charge in [-0.1, -0.05) is 18.2 Å². The molecule has 4 rings (SSSR count).